The molecule has 2 heterocycles. The molecule has 1 aliphatic heterocycles. The van der Waals surface area contributed by atoms with E-state index in [-0.39, 0.29) is 5.41 Å². The number of nitriles is 1. The van der Waals surface area contributed by atoms with Crippen LogP contribution >= 0.6 is 0 Å². The zero-order valence-corrected chi connectivity index (χ0v) is 24.1. The van der Waals surface area contributed by atoms with E-state index < -0.39 is 0 Å². The Morgan fingerprint density at radius 2 is 1.05 bits per heavy atom. The molecule has 0 saturated carbocycles. The fourth-order valence-corrected chi connectivity index (χ4v) is 7.00. The summed E-state index contributed by atoms with van der Waals surface area (Å²) >= 11 is 0. The largest absolute Gasteiger partial charge is 0.309 e. The third-order valence-corrected chi connectivity index (χ3v) is 9.03. The van der Waals surface area contributed by atoms with Crippen molar-refractivity contribution in [2.24, 2.45) is 0 Å². The van der Waals surface area contributed by atoms with Gasteiger partial charge in [-0.2, -0.15) is 5.26 Å². The molecule has 0 spiro atoms. The van der Waals surface area contributed by atoms with Gasteiger partial charge in [0.05, 0.1) is 39.3 Å². The first-order valence-electron chi connectivity index (χ1n) is 14.7. The van der Waals surface area contributed by atoms with Crippen LogP contribution in [0, 0.1) is 11.3 Å². The number of hydrogen-bond acceptors (Lipinski definition) is 2. The van der Waals surface area contributed by atoms with E-state index in [9.17, 15) is 5.26 Å². The molecule has 3 heteroatoms. The molecule has 3 nitrogen and oxygen atoms in total. The molecule has 1 aliphatic rings. The number of aromatic nitrogens is 1. The van der Waals surface area contributed by atoms with Gasteiger partial charge in [-0.3, -0.25) is 0 Å². The van der Waals surface area contributed by atoms with Crippen LogP contribution in [0.2, 0.25) is 0 Å². The summed E-state index contributed by atoms with van der Waals surface area (Å²) < 4.78 is 2.37. The van der Waals surface area contributed by atoms with Gasteiger partial charge in [-0.25, -0.2) is 0 Å². The topological polar surface area (TPSA) is 32.0 Å². The van der Waals surface area contributed by atoms with Gasteiger partial charge in [-0.05, 0) is 59.2 Å². The van der Waals surface area contributed by atoms with Gasteiger partial charge in [0.1, 0.15) is 6.07 Å². The second-order valence-electron chi connectivity index (χ2n) is 11.7. The van der Waals surface area contributed by atoms with E-state index in [1.165, 1.54) is 32.9 Å². The summed E-state index contributed by atoms with van der Waals surface area (Å²) in [6.07, 6.45) is 0. The highest BCUT2D eigenvalue weighted by molar-refractivity contribution is 6.09. The Morgan fingerprint density at radius 3 is 1.65 bits per heavy atom. The highest BCUT2D eigenvalue weighted by atomic mass is 15.2. The summed E-state index contributed by atoms with van der Waals surface area (Å²) in [6.45, 7) is 4.57. The van der Waals surface area contributed by atoms with E-state index >= 15 is 0 Å². The van der Waals surface area contributed by atoms with Crippen molar-refractivity contribution in [3.05, 3.63) is 156 Å². The fraction of sp³-hybridized carbons (Fsp3) is 0.0750. The lowest BCUT2D eigenvalue weighted by Gasteiger charge is -2.42. The standard InChI is InChI=1S/C40H29N3/c1-40(2)32-16-6-11-21-37(32)43(38-22-12-7-17-33(38)40)39-25-27(23-24-28(39)26-41)29-13-3-8-18-34(29)42-35-19-9-4-14-30(35)31-15-5-10-20-36(31)42/h3-25H,1-2H3. The molecule has 6 aromatic carbocycles. The molecular formula is C40H29N3. The third kappa shape index (κ3) is 3.67. The van der Waals surface area contributed by atoms with Gasteiger partial charge in [-0.15, -0.1) is 0 Å². The molecule has 0 saturated heterocycles. The zero-order chi connectivity index (χ0) is 29.1. The molecule has 204 valence electrons. The number of anilines is 3. The maximum absolute atomic E-state index is 10.4. The molecule has 8 rings (SSSR count). The van der Waals surface area contributed by atoms with Crippen molar-refractivity contribution >= 4 is 38.9 Å². The van der Waals surface area contributed by atoms with Crippen molar-refractivity contribution in [2.45, 2.75) is 19.3 Å². The van der Waals surface area contributed by atoms with Gasteiger partial charge < -0.3 is 9.47 Å². The Morgan fingerprint density at radius 1 is 0.535 bits per heavy atom. The third-order valence-electron chi connectivity index (χ3n) is 9.03. The maximum Gasteiger partial charge on any atom is 0.101 e. The molecule has 0 aliphatic carbocycles. The van der Waals surface area contributed by atoms with E-state index in [1.54, 1.807) is 0 Å². The van der Waals surface area contributed by atoms with Gasteiger partial charge in [-0.1, -0.05) is 111 Å². The van der Waals surface area contributed by atoms with Crippen LogP contribution in [0.3, 0.4) is 0 Å². The molecule has 0 fully saturated rings. The van der Waals surface area contributed by atoms with E-state index in [0.29, 0.717) is 5.56 Å². The second-order valence-corrected chi connectivity index (χ2v) is 11.7. The summed E-state index contributed by atoms with van der Waals surface area (Å²) in [6, 6.07) is 51.7. The number of hydrogen-bond donors (Lipinski definition) is 0. The summed E-state index contributed by atoms with van der Waals surface area (Å²) in [7, 11) is 0. The normalized spacial score (nSPS) is 13.5. The predicted molar refractivity (Wildman–Crippen MR) is 178 cm³/mol. The molecular weight excluding hydrogens is 522 g/mol. The summed E-state index contributed by atoms with van der Waals surface area (Å²) in [5.74, 6) is 0. The number of fused-ring (bicyclic) bond motifs is 5. The van der Waals surface area contributed by atoms with E-state index in [1.807, 2.05) is 6.07 Å². The van der Waals surface area contributed by atoms with Gasteiger partial charge in [0.15, 0.2) is 0 Å². The summed E-state index contributed by atoms with van der Waals surface area (Å²) in [4.78, 5) is 2.28. The first kappa shape index (κ1) is 25.1. The fourth-order valence-electron chi connectivity index (χ4n) is 7.00. The zero-order valence-electron chi connectivity index (χ0n) is 24.1. The Labute approximate surface area is 251 Å². The van der Waals surface area contributed by atoms with Crippen molar-refractivity contribution in [3.8, 4) is 22.9 Å². The van der Waals surface area contributed by atoms with Gasteiger partial charge in [0.25, 0.3) is 0 Å². The maximum atomic E-state index is 10.4. The van der Waals surface area contributed by atoms with Crippen molar-refractivity contribution in [3.63, 3.8) is 0 Å². The lowest BCUT2D eigenvalue weighted by molar-refractivity contribution is 0.632. The van der Waals surface area contributed by atoms with Crippen LogP contribution in [0.15, 0.2) is 140 Å². The molecule has 0 amide bonds. The summed E-state index contributed by atoms with van der Waals surface area (Å²) in [5.41, 5.74) is 11.7. The summed E-state index contributed by atoms with van der Waals surface area (Å²) in [5, 5.41) is 12.8. The molecule has 0 unspecified atom stereocenters. The Hall–Kier alpha value is -5.59. The highest BCUT2D eigenvalue weighted by Crippen LogP contribution is 2.52. The van der Waals surface area contributed by atoms with Crippen LogP contribution in [0.25, 0.3) is 38.6 Å². The quantitative estimate of drug-likeness (QED) is 0.219. The first-order valence-corrected chi connectivity index (χ1v) is 14.7. The molecule has 0 radical (unpaired) electrons. The molecule has 0 N–H and O–H groups in total. The number of benzene rings is 6. The van der Waals surface area contributed by atoms with E-state index in [2.05, 4.69) is 163 Å². The van der Waals surface area contributed by atoms with E-state index in [0.717, 1.165) is 33.9 Å². The molecule has 43 heavy (non-hydrogen) atoms. The predicted octanol–water partition coefficient (Wildman–Crippen LogP) is 10.4. The average Bonchev–Trinajstić information content (AvgIpc) is 3.39. The minimum absolute atomic E-state index is 0.169. The molecule has 0 bridgehead atoms. The Kier molecular flexibility index (Phi) is 5.54. The SMILES string of the molecule is CC1(C)c2ccccc2N(c2cc(-c3ccccc3-n3c4ccccc4c4ccccc43)ccc2C#N)c2ccccc21. The smallest absolute Gasteiger partial charge is 0.101 e. The van der Waals surface area contributed by atoms with Crippen molar-refractivity contribution in [1.29, 1.82) is 5.26 Å². The number of nitrogens with zero attached hydrogens (tertiary/aromatic N) is 3. The van der Waals surface area contributed by atoms with Gasteiger partial charge in [0, 0.05) is 21.8 Å². The van der Waals surface area contributed by atoms with Crippen molar-refractivity contribution < 1.29 is 0 Å². The van der Waals surface area contributed by atoms with Crippen LogP contribution in [0.5, 0.6) is 0 Å². The van der Waals surface area contributed by atoms with Gasteiger partial charge >= 0.3 is 0 Å². The van der Waals surface area contributed by atoms with Crippen LogP contribution in [0.4, 0.5) is 17.1 Å². The Bertz CT molecular complexity index is 2140. The lowest BCUT2D eigenvalue weighted by atomic mass is 9.73. The van der Waals surface area contributed by atoms with Crippen LogP contribution in [-0.2, 0) is 5.41 Å². The molecule has 0 atom stereocenters. The second kappa shape index (κ2) is 9.48. The van der Waals surface area contributed by atoms with Gasteiger partial charge in [0.2, 0.25) is 0 Å². The highest BCUT2D eigenvalue weighted by Gasteiger charge is 2.37. The van der Waals surface area contributed by atoms with Crippen LogP contribution in [0.1, 0.15) is 30.5 Å². The average molecular weight is 552 g/mol. The number of rotatable bonds is 3. The molecule has 1 aromatic heterocycles. The van der Waals surface area contributed by atoms with Crippen LogP contribution < -0.4 is 4.90 Å². The monoisotopic (exact) mass is 551 g/mol. The van der Waals surface area contributed by atoms with E-state index in [4.69, 9.17) is 0 Å². The Balaban J connectivity index is 1.39. The lowest BCUT2D eigenvalue weighted by Crippen LogP contribution is -2.30. The first-order chi connectivity index (χ1) is 21.1. The molecule has 7 aromatic rings. The minimum Gasteiger partial charge on any atom is -0.309 e. The van der Waals surface area contributed by atoms with Crippen LogP contribution in [-0.4, -0.2) is 4.57 Å². The minimum atomic E-state index is -0.169. The van der Waals surface area contributed by atoms with Crippen molar-refractivity contribution in [1.82, 2.24) is 4.57 Å². The van der Waals surface area contributed by atoms with Crippen molar-refractivity contribution in [2.75, 3.05) is 4.90 Å². The number of para-hydroxylation sites is 5.